The second kappa shape index (κ2) is 6.03. The maximum Gasteiger partial charge on any atom is 0.119 e. The average Bonchev–Trinajstić information content (AvgIpc) is 3.14. The third-order valence-electron chi connectivity index (χ3n) is 3.25. The molecular formula is C14H21NO2. The zero-order chi connectivity index (χ0) is 12.1. The maximum atomic E-state index is 9.76. The molecule has 0 heterocycles. The molecule has 3 atom stereocenters. The number of aliphatic hydroxyl groups is 1. The molecule has 0 amide bonds. The van der Waals surface area contributed by atoms with Crippen LogP contribution < -0.4 is 10.1 Å². The second-order valence-corrected chi connectivity index (χ2v) is 4.70. The van der Waals surface area contributed by atoms with Crippen molar-refractivity contribution in [2.45, 2.75) is 31.9 Å². The number of hydrogen-bond donors (Lipinski definition) is 2. The van der Waals surface area contributed by atoms with Crippen LogP contribution in [-0.4, -0.2) is 30.4 Å². The number of aliphatic hydroxyl groups excluding tert-OH is 1. The molecule has 1 aliphatic rings. The smallest absolute Gasteiger partial charge is 0.119 e. The molecule has 0 bridgehead atoms. The van der Waals surface area contributed by atoms with Gasteiger partial charge >= 0.3 is 0 Å². The number of hydrogen-bond acceptors (Lipinski definition) is 3. The van der Waals surface area contributed by atoms with Gasteiger partial charge in [-0.2, -0.15) is 0 Å². The lowest BCUT2D eigenvalue weighted by Crippen LogP contribution is -2.33. The van der Waals surface area contributed by atoms with Crippen molar-refractivity contribution in [2.24, 2.45) is 5.92 Å². The van der Waals surface area contributed by atoms with Gasteiger partial charge in [0.05, 0.1) is 0 Å². The summed E-state index contributed by atoms with van der Waals surface area (Å²) in [5, 5.41) is 13.1. The highest BCUT2D eigenvalue weighted by atomic mass is 16.5. The van der Waals surface area contributed by atoms with Crippen molar-refractivity contribution >= 4 is 0 Å². The van der Waals surface area contributed by atoms with Crippen LogP contribution in [0.4, 0.5) is 0 Å². The van der Waals surface area contributed by atoms with E-state index in [1.165, 1.54) is 12.8 Å². The molecule has 1 aromatic rings. The van der Waals surface area contributed by atoms with E-state index < -0.39 is 6.10 Å². The summed E-state index contributed by atoms with van der Waals surface area (Å²) in [6.07, 6.45) is 2.05. The Kier molecular flexibility index (Phi) is 4.40. The minimum atomic E-state index is -0.437. The Labute approximate surface area is 103 Å². The number of ether oxygens (including phenoxy) is 1. The molecular weight excluding hydrogens is 214 g/mol. The first kappa shape index (κ1) is 12.4. The fourth-order valence-corrected chi connectivity index (χ4v) is 2.00. The van der Waals surface area contributed by atoms with Crippen molar-refractivity contribution in [1.82, 2.24) is 5.32 Å². The molecule has 1 aromatic carbocycles. The molecule has 0 saturated heterocycles. The Balaban J connectivity index is 1.60. The predicted octanol–water partition coefficient (Wildman–Crippen LogP) is 1.81. The molecule has 0 spiro atoms. The Morgan fingerprint density at radius 3 is 2.82 bits per heavy atom. The van der Waals surface area contributed by atoms with Crippen LogP contribution >= 0.6 is 0 Å². The van der Waals surface area contributed by atoms with Crippen LogP contribution in [0.5, 0.6) is 5.75 Å². The molecule has 3 nitrogen and oxygen atoms in total. The summed E-state index contributed by atoms with van der Waals surface area (Å²) in [6, 6.07) is 10.2. The summed E-state index contributed by atoms with van der Waals surface area (Å²) >= 11 is 0. The van der Waals surface area contributed by atoms with Crippen molar-refractivity contribution in [1.29, 1.82) is 0 Å². The molecule has 0 aliphatic heterocycles. The number of nitrogens with one attached hydrogen (secondary N) is 1. The van der Waals surface area contributed by atoms with Gasteiger partial charge in [-0.15, -0.1) is 0 Å². The number of rotatable bonds is 7. The van der Waals surface area contributed by atoms with Gasteiger partial charge in [-0.3, -0.25) is 0 Å². The van der Waals surface area contributed by atoms with Gasteiger partial charge in [-0.05, 0) is 24.5 Å². The second-order valence-electron chi connectivity index (χ2n) is 4.70. The van der Waals surface area contributed by atoms with E-state index in [1.54, 1.807) is 0 Å². The zero-order valence-corrected chi connectivity index (χ0v) is 10.3. The molecule has 3 heteroatoms. The first-order valence-corrected chi connectivity index (χ1v) is 6.39. The minimum Gasteiger partial charge on any atom is -0.491 e. The lowest BCUT2D eigenvalue weighted by Gasteiger charge is -2.13. The summed E-state index contributed by atoms with van der Waals surface area (Å²) in [5.41, 5.74) is 0. The Hall–Kier alpha value is -1.06. The standard InChI is InChI=1S/C14H21NO2/c1-2-11-8-14(11)15-9-12(16)10-17-13-6-4-3-5-7-13/h3-7,11-12,14-16H,2,8-10H2,1H3. The van der Waals surface area contributed by atoms with Gasteiger partial charge in [0.2, 0.25) is 0 Å². The predicted molar refractivity (Wildman–Crippen MR) is 68.1 cm³/mol. The van der Waals surface area contributed by atoms with E-state index in [2.05, 4.69) is 12.2 Å². The van der Waals surface area contributed by atoms with E-state index in [-0.39, 0.29) is 0 Å². The molecule has 0 aromatic heterocycles. The SMILES string of the molecule is CCC1CC1NCC(O)COc1ccccc1. The highest BCUT2D eigenvalue weighted by molar-refractivity contribution is 5.20. The summed E-state index contributed by atoms with van der Waals surface area (Å²) in [5.74, 6) is 1.63. The number of para-hydroxylation sites is 1. The monoisotopic (exact) mass is 235 g/mol. The minimum absolute atomic E-state index is 0.348. The highest BCUT2D eigenvalue weighted by Crippen LogP contribution is 2.32. The lowest BCUT2D eigenvalue weighted by molar-refractivity contribution is 0.106. The van der Waals surface area contributed by atoms with E-state index >= 15 is 0 Å². The number of benzene rings is 1. The molecule has 2 rings (SSSR count). The van der Waals surface area contributed by atoms with Crippen LogP contribution in [0.1, 0.15) is 19.8 Å². The molecule has 3 unspecified atom stereocenters. The van der Waals surface area contributed by atoms with Crippen LogP contribution in [0, 0.1) is 5.92 Å². The summed E-state index contributed by atoms with van der Waals surface area (Å²) in [7, 11) is 0. The first-order valence-electron chi connectivity index (χ1n) is 6.39. The average molecular weight is 235 g/mol. The van der Waals surface area contributed by atoms with E-state index in [4.69, 9.17) is 4.74 Å². The van der Waals surface area contributed by atoms with Crippen LogP contribution in [0.2, 0.25) is 0 Å². The van der Waals surface area contributed by atoms with Crippen molar-refractivity contribution in [3.05, 3.63) is 30.3 Å². The maximum absolute atomic E-state index is 9.76. The third kappa shape index (κ3) is 4.02. The highest BCUT2D eigenvalue weighted by Gasteiger charge is 2.34. The third-order valence-corrected chi connectivity index (χ3v) is 3.25. The molecule has 17 heavy (non-hydrogen) atoms. The molecule has 94 valence electrons. The fraction of sp³-hybridized carbons (Fsp3) is 0.571. The van der Waals surface area contributed by atoms with Gasteiger partial charge in [0.25, 0.3) is 0 Å². The zero-order valence-electron chi connectivity index (χ0n) is 10.3. The van der Waals surface area contributed by atoms with E-state index in [1.807, 2.05) is 30.3 Å². The van der Waals surface area contributed by atoms with E-state index in [0.717, 1.165) is 11.7 Å². The normalized spacial score (nSPS) is 24.4. The molecule has 2 N–H and O–H groups in total. The van der Waals surface area contributed by atoms with Crippen LogP contribution in [0.15, 0.2) is 30.3 Å². The molecule has 0 radical (unpaired) electrons. The van der Waals surface area contributed by atoms with Gasteiger partial charge in [-0.1, -0.05) is 31.5 Å². The fourth-order valence-electron chi connectivity index (χ4n) is 2.00. The van der Waals surface area contributed by atoms with Gasteiger partial charge in [0.1, 0.15) is 18.5 Å². The van der Waals surface area contributed by atoms with E-state index in [9.17, 15) is 5.11 Å². The summed E-state index contributed by atoms with van der Waals surface area (Å²) < 4.78 is 5.48. The van der Waals surface area contributed by atoms with Crippen LogP contribution in [0.25, 0.3) is 0 Å². The lowest BCUT2D eigenvalue weighted by atomic mass is 10.3. The van der Waals surface area contributed by atoms with Gasteiger partial charge < -0.3 is 15.2 Å². The summed E-state index contributed by atoms with van der Waals surface area (Å²) in [6.45, 7) is 3.18. The van der Waals surface area contributed by atoms with Crippen molar-refractivity contribution < 1.29 is 9.84 Å². The molecule has 1 saturated carbocycles. The molecule has 1 fully saturated rings. The van der Waals surface area contributed by atoms with Crippen molar-refractivity contribution in [3.63, 3.8) is 0 Å². The summed E-state index contributed by atoms with van der Waals surface area (Å²) in [4.78, 5) is 0. The van der Waals surface area contributed by atoms with Crippen LogP contribution in [-0.2, 0) is 0 Å². The largest absolute Gasteiger partial charge is 0.491 e. The Bertz CT molecular complexity index is 328. The van der Waals surface area contributed by atoms with Gasteiger partial charge in [0, 0.05) is 12.6 Å². The topological polar surface area (TPSA) is 41.5 Å². The van der Waals surface area contributed by atoms with E-state index in [0.29, 0.717) is 19.2 Å². The Morgan fingerprint density at radius 2 is 2.18 bits per heavy atom. The first-order chi connectivity index (χ1) is 8.29. The van der Waals surface area contributed by atoms with Crippen LogP contribution in [0.3, 0.4) is 0 Å². The quantitative estimate of drug-likeness (QED) is 0.757. The van der Waals surface area contributed by atoms with Crippen molar-refractivity contribution in [2.75, 3.05) is 13.2 Å². The van der Waals surface area contributed by atoms with Gasteiger partial charge in [0.15, 0.2) is 0 Å². The van der Waals surface area contributed by atoms with Crippen molar-refractivity contribution in [3.8, 4) is 5.75 Å². The Morgan fingerprint density at radius 1 is 1.41 bits per heavy atom. The van der Waals surface area contributed by atoms with Gasteiger partial charge in [-0.25, -0.2) is 0 Å². The molecule has 1 aliphatic carbocycles.